The Morgan fingerprint density at radius 2 is 2.00 bits per heavy atom. The van der Waals surface area contributed by atoms with Crippen molar-refractivity contribution in [3.05, 3.63) is 59.6 Å². The first-order valence-corrected chi connectivity index (χ1v) is 6.45. The van der Waals surface area contributed by atoms with Crippen LogP contribution in [0.1, 0.15) is 11.5 Å². The fourth-order valence-corrected chi connectivity index (χ4v) is 2.68. The fraction of sp³-hybridized carbons (Fsp3) is 0.273. The van der Waals surface area contributed by atoms with Gasteiger partial charge in [-0.25, -0.2) is 0 Å². The zero-order chi connectivity index (χ0) is 15.7. The van der Waals surface area contributed by atoms with Gasteiger partial charge in [-0.3, -0.25) is 20.2 Å². The highest BCUT2D eigenvalue weighted by Crippen LogP contribution is 2.44. The van der Waals surface area contributed by atoms with E-state index >= 15 is 0 Å². The zero-order valence-corrected chi connectivity index (χ0v) is 12.1. The number of benzene rings is 1. The first kappa shape index (κ1) is 15.3. The van der Waals surface area contributed by atoms with Crippen LogP contribution in [0.3, 0.4) is 0 Å². The summed E-state index contributed by atoms with van der Waals surface area (Å²) in [6, 6.07) is 2.78. The highest BCUT2D eigenvalue weighted by atomic mass is 35.5. The Morgan fingerprint density at radius 1 is 1.33 bits per heavy atom. The number of fused-ring (bicyclic) bond motifs is 1. The van der Waals surface area contributed by atoms with Crippen molar-refractivity contribution in [2.75, 3.05) is 13.6 Å². The molecule has 0 spiro atoms. The number of hydrogen-bond donors (Lipinski definition) is 1. The summed E-state index contributed by atoms with van der Waals surface area (Å²) in [5.41, 5.74) is -0.213. The maximum absolute atomic E-state index is 11.2. The van der Waals surface area contributed by atoms with Crippen LogP contribution < -0.4 is 10.1 Å². The summed E-state index contributed by atoms with van der Waals surface area (Å²) < 4.78 is 5.37. The third kappa shape index (κ3) is 2.86. The molecule has 1 aromatic rings. The first-order valence-electron chi connectivity index (χ1n) is 5.70. The van der Waals surface area contributed by atoms with Gasteiger partial charge in [-0.05, 0) is 12.1 Å². The number of hydrogen-bond acceptors (Lipinski definition) is 6. The molecule has 0 aliphatic carbocycles. The maximum Gasteiger partial charge on any atom is 0.319 e. The number of halogens is 2. The highest BCUT2D eigenvalue weighted by Gasteiger charge is 2.42. The Kier molecular flexibility index (Phi) is 4.19. The molecule has 10 heteroatoms. The number of nitrogens with zero attached hydrogens (tertiary/aromatic N) is 2. The molecule has 1 heterocycles. The van der Waals surface area contributed by atoms with Gasteiger partial charge in [-0.15, -0.1) is 0 Å². The van der Waals surface area contributed by atoms with E-state index in [1.54, 1.807) is 0 Å². The summed E-state index contributed by atoms with van der Waals surface area (Å²) in [4.78, 5) is 20.7. The standard InChI is InChI=1S/C11H9Cl2N3O5/c1-14-11-9(16(19)20)7(4-15(17)18)6-2-5(12)3-8(13)10(6)21-11/h2-3,7,14H,4H2,1H3. The van der Waals surface area contributed by atoms with Crippen LogP contribution in [-0.4, -0.2) is 23.4 Å². The average molecular weight is 334 g/mol. The Morgan fingerprint density at radius 3 is 2.52 bits per heavy atom. The number of nitro groups is 2. The molecule has 1 aliphatic heterocycles. The van der Waals surface area contributed by atoms with Crippen molar-refractivity contribution in [1.29, 1.82) is 0 Å². The van der Waals surface area contributed by atoms with Gasteiger partial charge >= 0.3 is 5.70 Å². The van der Waals surface area contributed by atoms with E-state index in [-0.39, 0.29) is 27.2 Å². The maximum atomic E-state index is 11.2. The summed E-state index contributed by atoms with van der Waals surface area (Å²) in [6.45, 7) is -0.672. The quantitative estimate of drug-likeness (QED) is 0.669. The number of rotatable bonds is 4. The Labute approximate surface area is 128 Å². The van der Waals surface area contributed by atoms with E-state index in [2.05, 4.69) is 5.32 Å². The normalized spacial score (nSPS) is 17.0. The summed E-state index contributed by atoms with van der Waals surface area (Å²) in [6.07, 6.45) is 0. The molecule has 0 amide bonds. The minimum atomic E-state index is -1.11. The van der Waals surface area contributed by atoms with Gasteiger partial charge in [0.25, 0.3) is 5.88 Å². The lowest BCUT2D eigenvalue weighted by Crippen LogP contribution is -2.30. The fourth-order valence-electron chi connectivity index (χ4n) is 2.13. The van der Waals surface area contributed by atoms with Crippen LogP contribution in [0.25, 0.3) is 0 Å². The minimum Gasteiger partial charge on any atom is -0.434 e. The monoisotopic (exact) mass is 333 g/mol. The largest absolute Gasteiger partial charge is 0.434 e. The highest BCUT2D eigenvalue weighted by molar-refractivity contribution is 6.35. The van der Waals surface area contributed by atoms with Crippen LogP contribution in [0.2, 0.25) is 10.0 Å². The third-order valence-corrected chi connectivity index (χ3v) is 3.43. The first-order chi connectivity index (χ1) is 9.85. The van der Waals surface area contributed by atoms with Gasteiger partial charge in [0, 0.05) is 22.6 Å². The van der Waals surface area contributed by atoms with E-state index in [0.29, 0.717) is 0 Å². The minimum absolute atomic E-state index is 0.126. The van der Waals surface area contributed by atoms with Crippen molar-refractivity contribution in [1.82, 2.24) is 5.32 Å². The lowest BCUT2D eigenvalue weighted by molar-refractivity contribution is -0.495. The molecule has 0 fully saturated rings. The molecule has 21 heavy (non-hydrogen) atoms. The molecule has 0 saturated heterocycles. The second kappa shape index (κ2) is 5.74. The van der Waals surface area contributed by atoms with Crippen LogP contribution in [-0.2, 0) is 0 Å². The van der Waals surface area contributed by atoms with Gasteiger partial charge in [0.1, 0.15) is 5.92 Å². The van der Waals surface area contributed by atoms with Crippen LogP contribution in [0.15, 0.2) is 23.7 Å². The molecule has 1 aromatic carbocycles. The molecule has 1 atom stereocenters. The van der Waals surface area contributed by atoms with Gasteiger partial charge in [0.15, 0.2) is 5.75 Å². The lowest BCUT2D eigenvalue weighted by Gasteiger charge is -2.24. The second-order valence-corrected chi connectivity index (χ2v) is 5.04. The SMILES string of the molecule is CNC1=C([N+](=O)[O-])C(C[N+](=O)[O-])c2cc(Cl)cc(Cl)c2O1. The average Bonchev–Trinajstić information content (AvgIpc) is 2.37. The van der Waals surface area contributed by atoms with Crippen LogP contribution in [0.4, 0.5) is 0 Å². The van der Waals surface area contributed by atoms with E-state index < -0.39 is 28.0 Å². The molecular formula is C11H9Cl2N3O5. The molecule has 1 N–H and O–H groups in total. The molecule has 0 saturated carbocycles. The number of ether oxygens (including phenoxy) is 1. The van der Waals surface area contributed by atoms with Crippen molar-refractivity contribution >= 4 is 23.2 Å². The molecule has 0 bridgehead atoms. The summed E-state index contributed by atoms with van der Waals surface area (Å²) in [5.74, 6) is -1.16. The number of nitrogens with one attached hydrogen (secondary N) is 1. The van der Waals surface area contributed by atoms with Crippen LogP contribution >= 0.6 is 23.2 Å². The molecule has 8 nitrogen and oxygen atoms in total. The summed E-state index contributed by atoms with van der Waals surface area (Å²) >= 11 is 11.9. The molecule has 0 radical (unpaired) electrons. The van der Waals surface area contributed by atoms with E-state index in [1.807, 2.05) is 0 Å². The molecule has 1 unspecified atom stereocenters. The zero-order valence-electron chi connectivity index (χ0n) is 10.6. The van der Waals surface area contributed by atoms with E-state index in [1.165, 1.54) is 19.2 Å². The predicted molar refractivity (Wildman–Crippen MR) is 74.8 cm³/mol. The second-order valence-electron chi connectivity index (χ2n) is 4.20. The topological polar surface area (TPSA) is 108 Å². The van der Waals surface area contributed by atoms with E-state index in [0.717, 1.165) is 0 Å². The third-order valence-electron chi connectivity index (χ3n) is 2.93. The molecule has 112 valence electrons. The van der Waals surface area contributed by atoms with E-state index in [9.17, 15) is 20.2 Å². The Bertz CT molecular complexity index is 662. The lowest BCUT2D eigenvalue weighted by atomic mass is 9.93. The molecule has 0 aromatic heterocycles. The Hall–Kier alpha value is -2.06. The van der Waals surface area contributed by atoms with Gasteiger partial charge in [-0.1, -0.05) is 23.2 Å². The van der Waals surface area contributed by atoms with Crippen LogP contribution in [0.5, 0.6) is 5.75 Å². The predicted octanol–water partition coefficient (Wildman–Crippen LogP) is 2.41. The van der Waals surface area contributed by atoms with Gasteiger partial charge < -0.3 is 10.1 Å². The molecular weight excluding hydrogens is 325 g/mol. The molecule has 1 aliphatic rings. The smallest absolute Gasteiger partial charge is 0.319 e. The van der Waals surface area contributed by atoms with Gasteiger partial charge in [-0.2, -0.15) is 0 Å². The van der Waals surface area contributed by atoms with Crippen molar-refractivity contribution in [3.63, 3.8) is 0 Å². The van der Waals surface area contributed by atoms with Crippen molar-refractivity contribution < 1.29 is 14.6 Å². The van der Waals surface area contributed by atoms with Gasteiger partial charge in [0.2, 0.25) is 6.54 Å². The Balaban J connectivity index is 2.68. The van der Waals surface area contributed by atoms with Crippen molar-refractivity contribution in [3.8, 4) is 5.75 Å². The van der Waals surface area contributed by atoms with Gasteiger partial charge in [0.05, 0.1) is 9.95 Å². The summed E-state index contributed by atoms with van der Waals surface area (Å²) in [7, 11) is 1.41. The molecule has 2 rings (SSSR count). The summed E-state index contributed by atoms with van der Waals surface area (Å²) in [5, 5.41) is 24.9. The van der Waals surface area contributed by atoms with E-state index in [4.69, 9.17) is 27.9 Å². The van der Waals surface area contributed by atoms with Crippen molar-refractivity contribution in [2.45, 2.75) is 5.92 Å². The van der Waals surface area contributed by atoms with Crippen LogP contribution in [0, 0.1) is 20.2 Å². The van der Waals surface area contributed by atoms with Crippen molar-refractivity contribution in [2.24, 2.45) is 0 Å².